The molecule has 0 aromatic carbocycles. The summed E-state index contributed by atoms with van der Waals surface area (Å²) >= 11 is 0. The van der Waals surface area contributed by atoms with E-state index in [1.165, 1.54) is 19.3 Å². The smallest absolute Gasteiger partial charge is 0.209 e. The van der Waals surface area contributed by atoms with Gasteiger partial charge in [0.15, 0.2) is 0 Å². The quantitative estimate of drug-likeness (QED) is 0.542. The number of hydrogen-bond acceptors (Lipinski definition) is 1. The van der Waals surface area contributed by atoms with E-state index < -0.39 is 0 Å². The average molecular weight is 141 g/mol. The molecule has 0 bridgehead atoms. The summed E-state index contributed by atoms with van der Waals surface area (Å²) in [6.45, 7) is 4.18. The fourth-order valence-corrected chi connectivity index (χ4v) is 1.60. The van der Waals surface area contributed by atoms with Crippen LogP contribution in [0.4, 0.5) is 0 Å². The van der Waals surface area contributed by atoms with Gasteiger partial charge in [0.25, 0.3) is 0 Å². The van der Waals surface area contributed by atoms with Crippen LogP contribution in [0, 0.1) is 5.92 Å². The Morgan fingerprint density at radius 2 is 2.50 bits per heavy atom. The Bertz CT molecular complexity index is 114. The number of amides is 1. The predicted molar refractivity (Wildman–Crippen MR) is 40.7 cm³/mol. The normalized spacial score (nSPS) is 25.3. The number of carbonyl (C=O) groups excluding carboxylic acids is 1. The van der Waals surface area contributed by atoms with Gasteiger partial charge in [-0.1, -0.05) is 13.3 Å². The highest BCUT2D eigenvalue weighted by atomic mass is 16.1. The van der Waals surface area contributed by atoms with Crippen LogP contribution in [0.5, 0.6) is 0 Å². The van der Waals surface area contributed by atoms with Crippen molar-refractivity contribution in [3.63, 3.8) is 0 Å². The van der Waals surface area contributed by atoms with E-state index in [9.17, 15) is 4.79 Å². The Kier molecular flexibility index (Phi) is 2.72. The maximum atomic E-state index is 10.3. The lowest BCUT2D eigenvalue weighted by molar-refractivity contribution is -0.117. The third kappa shape index (κ3) is 1.72. The van der Waals surface area contributed by atoms with Crippen LogP contribution in [0.3, 0.4) is 0 Å². The van der Waals surface area contributed by atoms with E-state index in [1.54, 1.807) is 0 Å². The van der Waals surface area contributed by atoms with Gasteiger partial charge in [-0.25, -0.2) is 0 Å². The van der Waals surface area contributed by atoms with E-state index >= 15 is 0 Å². The molecule has 1 amide bonds. The molecule has 1 aliphatic heterocycles. The molecule has 0 aromatic heterocycles. The van der Waals surface area contributed by atoms with Crippen molar-refractivity contribution in [3.05, 3.63) is 0 Å². The molecule has 0 aromatic rings. The summed E-state index contributed by atoms with van der Waals surface area (Å²) in [5.74, 6) is 0.787. The molecule has 0 aliphatic carbocycles. The molecule has 58 valence electrons. The first-order valence-electron chi connectivity index (χ1n) is 4.06. The first-order valence-corrected chi connectivity index (χ1v) is 4.06. The highest BCUT2D eigenvalue weighted by Crippen LogP contribution is 2.18. The monoisotopic (exact) mass is 141 g/mol. The zero-order valence-corrected chi connectivity index (χ0v) is 6.55. The molecule has 1 aliphatic rings. The Morgan fingerprint density at radius 3 is 3.00 bits per heavy atom. The number of rotatable bonds is 3. The molecule has 1 unspecified atom stereocenters. The molecule has 0 spiro atoms. The van der Waals surface area contributed by atoms with Gasteiger partial charge in [-0.2, -0.15) is 0 Å². The SMILES string of the molecule is CCCC1CCN(C=O)C1. The largest absolute Gasteiger partial charge is 0.345 e. The number of carbonyl (C=O) groups is 1. The lowest BCUT2D eigenvalue weighted by Gasteiger charge is -2.08. The Balaban J connectivity index is 2.21. The van der Waals surface area contributed by atoms with Gasteiger partial charge in [0.1, 0.15) is 0 Å². The van der Waals surface area contributed by atoms with Crippen LogP contribution in [0.2, 0.25) is 0 Å². The number of hydrogen-bond donors (Lipinski definition) is 0. The summed E-state index contributed by atoms with van der Waals surface area (Å²) in [5.41, 5.74) is 0. The lowest BCUT2D eigenvalue weighted by atomic mass is 10.0. The van der Waals surface area contributed by atoms with Gasteiger partial charge in [0.05, 0.1) is 0 Å². The molecule has 1 heterocycles. The highest BCUT2D eigenvalue weighted by Gasteiger charge is 2.19. The third-order valence-electron chi connectivity index (χ3n) is 2.16. The predicted octanol–water partition coefficient (Wildman–Crippen LogP) is 1.26. The van der Waals surface area contributed by atoms with Gasteiger partial charge in [0, 0.05) is 13.1 Å². The van der Waals surface area contributed by atoms with Crippen LogP contribution in [-0.4, -0.2) is 24.4 Å². The maximum absolute atomic E-state index is 10.3. The summed E-state index contributed by atoms with van der Waals surface area (Å²) < 4.78 is 0. The van der Waals surface area contributed by atoms with E-state index in [0.29, 0.717) is 0 Å². The van der Waals surface area contributed by atoms with Gasteiger partial charge in [-0.05, 0) is 18.8 Å². The van der Waals surface area contributed by atoms with Crippen molar-refractivity contribution in [2.45, 2.75) is 26.2 Å². The molecule has 2 nitrogen and oxygen atoms in total. The second kappa shape index (κ2) is 3.59. The second-order valence-electron chi connectivity index (χ2n) is 3.04. The molecule has 1 atom stereocenters. The molecule has 0 radical (unpaired) electrons. The van der Waals surface area contributed by atoms with Gasteiger partial charge >= 0.3 is 0 Å². The van der Waals surface area contributed by atoms with Gasteiger partial charge < -0.3 is 4.90 Å². The Hall–Kier alpha value is -0.530. The minimum Gasteiger partial charge on any atom is -0.345 e. The van der Waals surface area contributed by atoms with Crippen LogP contribution in [0.25, 0.3) is 0 Å². The standard InChI is InChI=1S/C8H15NO/c1-2-3-8-4-5-9(6-8)7-10/h7-8H,2-6H2,1H3. The van der Waals surface area contributed by atoms with E-state index in [0.717, 1.165) is 25.4 Å². The molecule has 0 saturated carbocycles. The molecule has 1 rings (SSSR count). The molecule has 10 heavy (non-hydrogen) atoms. The van der Waals surface area contributed by atoms with E-state index in [-0.39, 0.29) is 0 Å². The van der Waals surface area contributed by atoms with Gasteiger partial charge in [-0.3, -0.25) is 4.79 Å². The van der Waals surface area contributed by atoms with Crippen molar-refractivity contribution in [1.29, 1.82) is 0 Å². The number of likely N-dealkylation sites (tertiary alicyclic amines) is 1. The van der Waals surface area contributed by atoms with Crippen molar-refractivity contribution >= 4 is 6.41 Å². The Morgan fingerprint density at radius 1 is 1.70 bits per heavy atom. The topological polar surface area (TPSA) is 20.3 Å². The van der Waals surface area contributed by atoms with Crippen LogP contribution in [0.15, 0.2) is 0 Å². The van der Waals surface area contributed by atoms with E-state index in [2.05, 4.69) is 6.92 Å². The summed E-state index contributed by atoms with van der Waals surface area (Å²) in [7, 11) is 0. The van der Waals surface area contributed by atoms with Crippen molar-refractivity contribution in [2.75, 3.05) is 13.1 Å². The molecule has 1 saturated heterocycles. The summed E-state index contributed by atoms with van der Waals surface area (Å²) in [5, 5.41) is 0. The molecule has 1 fully saturated rings. The average Bonchev–Trinajstić information content (AvgIpc) is 2.37. The minimum absolute atomic E-state index is 0.787. The van der Waals surface area contributed by atoms with Crippen molar-refractivity contribution in [1.82, 2.24) is 4.90 Å². The highest BCUT2D eigenvalue weighted by molar-refractivity contribution is 5.47. The fraction of sp³-hybridized carbons (Fsp3) is 0.875. The van der Waals surface area contributed by atoms with E-state index in [4.69, 9.17) is 0 Å². The maximum Gasteiger partial charge on any atom is 0.209 e. The van der Waals surface area contributed by atoms with Gasteiger partial charge in [-0.15, -0.1) is 0 Å². The zero-order valence-electron chi connectivity index (χ0n) is 6.55. The molecule has 2 heteroatoms. The van der Waals surface area contributed by atoms with Crippen LogP contribution in [-0.2, 0) is 4.79 Å². The first kappa shape index (κ1) is 7.58. The first-order chi connectivity index (χ1) is 4.86. The van der Waals surface area contributed by atoms with Crippen molar-refractivity contribution in [2.24, 2.45) is 5.92 Å². The summed E-state index contributed by atoms with van der Waals surface area (Å²) in [6, 6.07) is 0. The Labute approximate surface area is 62.2 Å². The number of nitrogens with zero attached hydrogens (tertiary/aromatic N) is 1. The summed E-state index contributed by atoms with van der Waals surface area (Å²) in [6.07, 6.45) is 4.71. The van der Waals surface area contributed by atoms with Crippen LogP contribution >= 0.6 is 0 Å². The zero-order chi connectivity index (χ0) is 7.40. The lowest BCUT2D eigenvalue weighted by Crippen LogP contribution is -2.17. The van der Waals surface area contributed by atoms with E-state index in [1.807, 2.05) is 4.90 Å². The van der Waals surface area contributed by atoms with Crippen LogP contribution < -0.4 is 0 Å². The minimum atomic E-state index is 0.787. The van der Waals surface area contributed by atoms with Crippen molar-refractivity contribution in [3.8, 4) is 0 Å². The summed E-state index contributed by atoms with van der Waals surface area (Å²) in [4.78, 5) is 12.2. The molecule has 0 N–H and O–H groups in total. The second-order valence-corrected chi connectivity index (χ2v) is 3.04. The van der Waals surface area contributed by atoms with Gasteiger partial charge in [0.2, 0.25) is 6.41 Å². The van der Waals surface area contributed by atoms with Crippen molar-refractivity contribution < 1.29 is 4.79 Å². The molecular formula is C8H15NO. The molecular weight excluding hydrogens is 126 g/mol. The fourth-order valence-electron chi connectivity index (χ4n) is 1.60. The third-order valence-corrected chi connectivity index (χ3v) is 2.16. The van der Waals surface area contributed by atoms with Crippen LogP contribution in [0.1, 0.15) is 26.2 Å².